The van der Waals surface area contributed by atoms with E-state index in [2.05, 4.69) is 22.4 Å². The molecule has 0 fully saturated rings. The molecule has 0 aliphatic rings. The summed E-state index contributed by atoms with van der Waals surface area (Å²) in [5.74, 6) is -0.0498. The Labute approximate surface area is 155 Å². The number of benzene rings is 1. The quantitative estimate of drug-likeness (QED) is 0.568. The smallest absolute Gasteiger partial charge is 0.263 e. The van der Waals surface area contributed by atoms with Crippen LogP contribution in [0.25, 0.3) is 5.69 Å². The molecule has 6 heteroatoms. The lowest BCUT2D eigenvalue weighted by Crippen LogP contribution is -2.22. The Kier molecular flexibility index (Phi) is 4.66. The monoisotopic (exact) mass is 362 g/mol. The number of carbonyl (C=O) groups is 1. The van der Waals surface area contributed by atoms with Crippen LogP contribution in [0, 0.1) is 0 Å². The zero-order valence-electron chi connectivity index (χ0n) is 14.1. The summed E-state index contributed by atoms with van der Waals surface area (Å²) < 4.78 is 3.98. The number of imidazole rings is 1. The molecule has 4 rings (SSSR count). The van der Waals surface area contributed by atoms with E-state index in [1.54, 1.807) is 12.5 Å². The van der Waals surface area contributed by atoms with Gasteiger partial charge in [0.25, 0.3) is 5.91 Å². The molecule has 1 amide bonds. The fourth-order valence-electron chi connectivity index (χ4n) is 2.79. The number of amides is 1. The topological polar surface area (TPSA) is 51.9 Å². The van der Waals surface area contributed by atoms with Crippen molar-refractivity contribution in [3.05, 3.63) is 95.0 Å². The van der Waals surface area contributed by atoms with Gasteiger partial charge in [-0.05, 0) is 34.7 Å². The predicted molar refractivity (Wildman–Crippen MR) is 103 cm³/mol. The van der Waals surface area contributed by atoms with E-state index in [0.29, 0.717) is 6.54 Å². The first-order chi connectivity index (χ1) is 12.8. The Morgan fingerprint density at radius 2 is 1.81 bits per heavy atom. The van der Waals surface area contributed by atoms with Crippen molar-refractivity contribution in [2.24, 2.45) is 0 Å². The largest absolute Gasteiger partial charge is 0.347 e. The van der Waals surface area contributed by atoms with Crippen LogP contribution in [-0.4, -0.2) is 20.0 Å². The number of thiophene rings is 1. The van der Waals surface area contributed by atoms with Crippen LogP contribution >= 0.6 is 11.3 Å². The van der Waals surface area contributed by atoms with Gasteiger partial charge in [-0.3, -0.25) is 4.79 Å². The molecular formula is C20H18N4OS. The van der Waals surface area contributed by atoms with Crippen molar-refractivity contribution in [2.45, 2.75) is 13.1 Å². The molecule has 0 saturated carbocycles. The molecule has 4 aromatic rings. The summed E-state index contributed by atoms with van der Waals surface area (Å²) in [5.41, 5.74) is 3.19. The minimum atomic E-state index is -0.0498. The van der Waals surface area contributed by atoms with E-state index in [9.17, 15) is 4.79 Å². The highest BCUT2D eigenvalue weighted by Crippen LogP contribution is 2.21. The highest BCUT2D eigenvalue weighted by Gasteiger charge is 2.13. The van der Waals surface area contributed by atoms with Crippen molar-refractivity contribution in [1.82, 2.24) is 19.4 Å². The fraction of sp³-hybridized carbons (Fsp3) is 0.100. The van der Waals surface area contributed by atoms with Crippen LogP contribution in [0.15, 0.2) is 79.0 Å². The molecule has 0 unspecified atom stereocenters. The maximum atomic E-state index is 12.5. The van der Waals surface area contributed by atoms with Gasteiger partial charge in [-0.25, -0.2) is 4.98 Å². The van der Waals surface area contributed by atoms with Crippen LogP contribution in [-0.2, 0) is 13.1 Å². The van der Waals surface area contributed by atoms with Gasteiger partial charge in [0, 0.05) is 37.9 Å². The second-order valence-electron chi connectivity index (χ2n) is 5.96. The predicted octanol–water partition coefficient (Wildman–Crippen LogP) is 3.71. The van der Waals surface area contributed by atoms with Gasteiger partial charge in [-0.1, -0.05) is 24.3 Å². The van der Waals surface area contributed by atoms with E-state index in [0.717, 1.165) is 22.7 Å². The van der Waals surface area contributed by atoms with Crippen LogP contribution < -0.4 is 5.32 Å². The minimum Gasteiger partial charge on any atom is -0.347 e. The minimum absolute atomic E-state index is 0.0498. The molecular weight excluding hydrogens is 344 g/mol. The molecule has 0 aliphatic carbocycles. The molecule has 1 aromatic carbocycles. The Balaban J connectivity index is 1.38. The van der Waals surface area contributed by atoms with Gasteiger partial charge in [0.2, 0.25) is 0 Å². The normalized spacial score (nSPS) is 10.8. The molecule has 0 radical (unpaired) electrons. The molecule has 5 nitrogen and oxygen atoms in total. The summed E-state index contributed by atoms with van der Waals surface area (Å²) in [6.07, 6.45) is 9.40. The second-order valence-corrected chi connectivity index (χ2v) is 6.88. The Hall–Kier alpha value is -3.12. The van der Waals surface area contributed by atoms with E-state index in [-0.39, 0.29) is 5.91 Å². The molecule has 0 aliphatic heterocycles. The van der Waals surface area contributed by atoms with E-state index in [4.69, 9.17) is 0 Å². The van der Waals surface area contributed by atoms with Crippen LogP contribution in [0.4, 0.5) is 0 Å². The molecule has 0 bridgehead atoms. The second kappa shape index (κ2) is 7.41. The van der Waals surface area contributed by atoms with Crippen molar-refractivity contribution < 1.29 is 4.79 Å². The maximum Gasteiger partial charge on any atom is 0.263 e. The van der Waals surface area contributed by atoms with Gasteiger partial charge in [0.15, 0.2) is 0 Å². The average Bonchev–Trinajstić information content (AvgIpc) is 3.41. The third-order valence-electron chi connectivity index (χ3n) is 4.13. The lowest BCUT2D eigenvalue weighted by Gasteiger charge is -2.08. The van der Waals surface area contributed by atoms with Gasteiger partial charge in [0.05, 0.1) is 12.0 Å². The number of nitrogens with one attached hydrogen (secondary N) is 1. The van der Waals surface area contributed by atoms with Crippen LogP contribution in [0.2, 0.25) is 0 Å². The van der Waals surface area contributed by atoms with E-state index < -0.39 is 0 Å². The van der Waals surface area contributed by atoms with E-state index in [1.807, 2.05) is 63.4 Å². The molecule has 3 heterocycles. The highest BCUT2D eigenvalue weighted by atomic mass is 32.1. The lowest BCUT2D eigenvalue weighted by molar-refractivity contribution is 0.0955. The lowest BCUT2D eigenvalue weighted by atomic mass is 10.1. The summed E-state index contributed by atoms with van der Waals surface area (Å²) in [6.45, 7) is 1.30. The number of rotatable bonds is 6. The number of aromatic nitrogens is 3. The Bertz CT molecular complexity index is 969. The maximum absolute atomic E-state index is 12.5. The Morgan fingerprint density at radius 1 is 1.04 bits per heavy atom. The van der Waals surface area contributed by atoms with Crippen molar-refractivity contribution in [3.8, 4) is 5.69 Å². The first kappa shape index (κ1) is 16.4. The first-order valence-electron chi connectivity index (χ1n) is 8.32. The summed E-state index contributed by atoms with van der Waals surface area (Å²) >= 11 is 1.45. The van der Waals surface area contributed by atoms with E-state index >= 15 is 0 Å². The van der Waals surface area contributed by atoms with Crippen LogP contribution in [0.5, 0.6) is 0 Å². The summed E-state index contributed by atoms with van der Waals surface area (Å²) in [7, 11) is 0. The third kappa shape index (κ3) is 3.60. The van der Waals surface area contributed by atoms with E-state index in [1.165, 1.54) is 16.9 Å². The molecule has 26 heavy (non-hydrogen) atoms. The first-order valence-corrected chi connectivity index (χ1v) is 9.20. The molecule has 1 N–H and O–H groups in total. The zero-order chi connectivity index (χ0) is 17.8. The molecule has 0 spiro atoms. The zero-order valence-corrected chi connectivity index (χ0v) is 14.9. The van der Waals surface area contributed by atoms with Gasteiger partial charge in [0.1, 0.15) is 4.88 Å². The molecule has 0 saturated heterocycles. The number of nitrogens with zero attached hydrogens (tertiary/aromatic N) is 3. The van der Waals surface area contributed by atoms with Crippen molar-refractivity contribution in [3.63, 3.8) is 0 Å². The summed E-state index contributed by atoms with van der Waals surface area (Å²) in [4.78, 5) is 17.3. The molecule has 130 valence electrons. The number of hydrogen-bond donors (Lipinski definition) is 1. The molecule has 0 atom stereocenters. The van der Waals surface area contributed by atoms with Gasteiger partial charge < -0.3 is 14.5 Å². The number of carbonyl (C=O) groups excluding carboxylic acids is 1. The number of hydrogen-bond acceptors (Lipinski definition) is 3. The van der Waals surface area contributed by atoms with Crippen molar-refractivity contribution in [1.29, 1.82) is 0 Å². The van der Waals surface area contributed by atoms with Crippen LogP contribution in [0.1, 0.15) is 20.8 Å². The third-order valence-corrected chi connectivity index (χ3v) is 5.04. The summed E-state index contributed by atoms with van der Waals surface area (Å²) in [5, 5.41) is 4.95. The summed E-state index contributed by atoms with van der Waals surface area (Å²) in [6, 6.07) is 14.1. The van der Waals surface area contributed by atoms with Crippen molar-refractivity contribution >= 4 is 17.2 Å². The SMILES string of the molecule is O=C(NCc1ccc(Cn2ccnc2)cc1)c1sccc1-n1cccc1. The fourth-order valence-corrected chi connectivity index (χ4v) is 3.59. The van der Waals surface area contributed by atoms with Gasteiger partial charge >= 0.3 is 0 Å². The van der Waals surface area contributed by atoms with Gasteiger partial charge in [-0.15, -0.1) is 11.3 Å². The standard InChI is InChI=1S/C20H18N4OS/c25-20(19-18(7-12-26-19)24-9-1-2-10-24)22-13-16-3-5-17(6-4-16)14-23-11-8-21-15-23/h1-12,15H,13-14H2,(H,22,25). The molecule has 3 aromatic heterocycles. The highest BCUT2D eigenvalue weighted by molar-refractivity contribution is 7.12. The van der Waals surface area contributed by atoms with Crippen LogP contribution in [0.3, 0.4) is 0 Å². The Morgan fingerprint density at radius 3 is 2.54 bits per heavy atom. The average molecular weight is 362 g/mol. The van der Waals surface area contributed by atoms with Crippen molar-refractivity contribution in [2.75, 3.05) is 0 Å². The van der Waals surface area contributed by atoms with Gasteiger partial charge in [-0.2, -0.15) is 0 Å².